The van der Waals surface area contributed by atoms with Crippen molar-refractivity contribution in [3.8, 4) is 11.5 Å². The molecule has 3 aromatic rings. The third kappa shape index (κ3) is 3.19. The van der Waals surface area contributed by atoms with Crippen molar-refractivity contribution in [2.24, 2.45) is 0 Å². The molecule has 0 atom stereocenters. The number of para-hydroxylation sites is 1. The molecule has 2 aromatic heterocycles. The van der Waals surface area contributed by atoms with Gasteiger partial charge >= 0.3 is 0 Å². The van der Waals surface area contributed by atoms with Gasteiger partial charge in [0, 0.05) is 23.6 Å². The van der Waals surface area contributed by atoms with Crippen LogP contribution in [0.4, 0.5) is 23.0 Å². The Morgan fingerprint density at radius 3 is 3.07 bits per heavy atom. The van der Waals surface area contributed by atoms with Crippen molar-refractivity contribution in [2.45, 2.75) is 13.3 Å². The molecule has 0 radical (unpaired) electrons. The van der Waals surface area contributed by atoms with Crippen LogP contribution >= 0.6 is 0 Å². The molecule has 27 heavy (non-hydrogen) atoms. The van der Waals surface area contributed by atoms with Gasteiger partial charge in [-0.05, 0) is 12.1 Å². The van der Waals surface area contributed by atoms with Gasteiger partial charge in [0.05, 0.1) is 11.9 Å². The van der Waals surface area contributed by atoms with Crippen molar-refractivity contribution in [2.75, 3.05) is 36.2 Å². The summed E-state index contributed by atoms with van der Waals surface area (Å²) < 4.78 is 34.6. The molecule has 3 heterocycles. The van der Waals surface area contributed by atoms with Gasteiger partial charge in [0.2, 0.25) is 5.91 Å². The number of hydrogen-bond donors (Lipinski definition) is 3. The summed E-state index contributed by atoms with van der Waals surface area (Å²) in [5, 5.41) is 13.0. The van der Waals surface area contributed by atoms with Gasteiger partial charge in [-0.1, -0.05) is 12.9 Å². The van der Waals surface area contributed by atoms with E-state index in [4.69, 9.17) is 13.6 Å². The minimum Gasteiger partial charge on any atom is -0.486 e. The molecule has 0 bridgehead atoms. The van der Waals surface area contributed by atoms with E-state index in [0.29, 0.717) is 53.4 Å². The van der Waals surface area contributed by atoms with E-state index in [1.165, 1.54) is 10.7 Å². The molecule has 0 fully saturated rings. The Bertz CT molecular complexity index is 1100. The number of amides is 1. The van der Waals surface area contributed by atoms with Crippen molar-refractivity contribution in [1.82, 2.24) is 14.6 Å². The Balaban J connectivity index is 1.67. The Kier molecular flexibility index (Phi) is 3.56. The molecule has 0 aliphatic carbocycles. The molecule has 0 spiro atoms. The van der Waals surface area contributed by atoms with E-state index in [-0.39, 0.29) is 0 Å². The largest absolute Gasteiger partial charge is 0.486 e. The molecular weight excluding hydrogens is 348 g/mol. The molecule has 1 aliphatic heterocycles. The lowest BCUT2D eigenvalue weighted by molar-refractivity contribution is -0.115. The lowest BCUT2D eigenvalue weighted by atomic mass is 10.2. The number of rotatable bonds is 5. The number of carbonyl (C=O) groups is 1. The fourth-order valence-corrected chi connectivity index (χ4v) is 2.80. The van der Waals surface area contributed by atoms with Gasteiger partial charge in [-0.25, -0.2) is 4.98 Å². The average molecular weight is 371 g/mol. The number of aromatic nitrogens is 3. The standard InChI is InChI=1S/C18H20N6O3/c1-3-16(25)22-12-10-20-24-15(19-2)9-14(23-18(12)24)21-11-5-4-6-13-17(11)27-8-7-26-13/h4-6,9-10,19H,3,7-8H2,1-2H3,(H,21,23)(H,22,25)/i1D3. The quantitative estimate of drug-likeness (QED) is 0.634. The monoisotopic (exact) mass is 371 g/mol. The maximum absolute atomic E-state index is 12.1. The second-order valence-electron chi connectivity index (χ2n) is 5.75. The van der Waals surface area contributed by atoms with E-state index in [1.807, 2.05) is 18.2 Å². The highest BCUT2D eigenvalue weighted by Gasteiger charge is 2.17. The summed E-state index contributed by atoms with van der Waals surface area (Å²) in [6, 6.07) is 7.25. The van der Waals surface area contributed by atoms with E-state index < -0.39 is 19.2 Å². The van der Waals surface area contributed by atoms with Crippen molar-refractivity contribution in [1.29, 1.82) is 0 Å². The van der Waals surface area contributed by atoms with Gasteiger partial charge < -0.3 is 25.4 Å². The van der Waals surface area contributed by atoms with Crippen molar-refractivity contribution >= 4 is 34.6 Å². The maximum atomic E-state index is 12.1. The van der Waals surface area contributed by atoms with Gasteiger partial charge in [0.1, 0.15) is 30.5 Å². The van der Waals surface area contributed by atoms with Crippen molar-refractivity contribution in [3.05, 3.63) is 30.5 Å². The van der Waals surface area contributed by atoms with Crippen LogP contribution in [0.3, 0.4) is 0 Å². The van der Waals surface area contributed by atoms with Gasteiger partial charge in [-0.3, -0.25) is 4.79 Å². The highest BCUT2D eigenvalue weighted by atomic mass is 16.6. The van der Waals surface area contributed by atoms with Crippen LogP contribution in [0.1, 0.15) is 17.4 Å². The molecule has 1 aliphatic rings. The highest BCUT2D eigenvalue weighted by molar-refractivity contribution is 5.94. The first-order valence-corrected chi connectivity index (χ1v) is 8.36. The molecule has 9 heteroatoms. The Hall–Kier alpha value is -3.49. The molecule has 1 aromatic carbocycles. The van der Waals surface area contributed by atoms with E-state index in [1.54, 1.807) is 13.1 Å². The molecule has 3 N–H and O–H groups in total. The first-order valence-electron chi connectivity index (χ1n) is 9.86. The van der Waals surface area contributed by atoms with Crippen LogP contribution in [-0.2, 0) is 4.79 Å². The van der Waals surface area contributed by atoms with E-state index in [9.17, 15) is 4.79 Å². The van der Waals surface area contributed by atoms with Crippen LogP contribution < -0.4 is 25.4 Å². The van der Waals surface area contributed by atoms with Crippen LogP contribution in [0, 0.1) is 0 Å². The number of nitrogens with one attached hydrogen (secondary N) is 3. The minimum atomic E-state index is -2.36. The summed E-state index contributed by atoms with van der Waals surface area (Å²) >= 11 is 0. The molecule has 140 valence electrons. The Labute approximate surface area is 159 Å². The topological polar surface area (TPSA) is 102 Å². The first-order chi connectivity index (χ1) is 14.3. The molecule has 0 saturated heterocycles. The summed E-state index contributed by atoms with van der Waals surface area (Å²) in [6.45, 7) is -1.43. The third-order valence-electron chi connectivity index (χ3n) is 3.99. The van der Waals surface area contributed by atoms with Gasteiger partial charge in [-0.15, -0.1) is 0 Å². The number of fused-ring (bicyclic) bond motifs is 2. The zero-order valence-electron chi connectivity index (χ0n) is 17.6. The van der Waals surface area contributed by atoms with Crippen LogP contribution in [0.2, 0.25) is 0 Å². The highest BCUT2D eigenvalue weighted by Crippen LogP contribution is 2.38. The molecule has 0 unspecified atom stereocenters. The summed E-state index contributed by atoms with van der Waals surface area (Å²) in [7, 11) is 1.73. The number of hydrogen-bond acceptors (Lipinski definition) is 7. The fraction of sp³-hybridized carbons (Fsp3) is 0.278. The van der Waals surface area contributed by atoms with Crippen LogP contribution in [0.5, 0.6) is 11.5 Å². The molecular formula is C18H20N6O3. The van der Waals surface area contributed by atoms with Crippen LogP contribution in [0.15, 0.2) is 30.5 Å². The van der Waals surface area contributed by atoms with Crippen molar-refractivity contribution < 1.29 is 18.4 Å². The SMILES string of the molecule is [2H]C([2H])([2H])CC(=O)Nc1cnn2c(NC)cc(Nc3cccc4c3OCCO4)nc12. The zero-order valence-corrected chi connectivity index (χ0v) is 14.6. The average Bonchev–Trinajstić information content (AvgIpc) is 3.09. The smallest absolute Gasteiger partial charge is 0.224 e. The lowest BCUT2D eigenvalue weighted by Crippen LogP contribution is -2.16. The summed E-state index contributed by atoms with van der Waals surface area (Å²) in [5.41, 5.74) is 1.34. The van der Waals surface area contributed by atoms with Gasteiger partial charge in [0.15, 0.2) is 17.1 Å². The summed E-state index contributed by atoms with van der Waals surface area (Å²) in [5.74, 6) is 1.68. The first kappa shape index (κ1) is 13.7. The predicted molar refractivity (Wildman–Crippen MR) is 102 cm³/mol. The molecule has 4 rings (SSSR count). The molecule has 0 saturated carbocycles. The predicted octanol–water partition coefficient (Wildman–Crippen LogP) is 2.63. The minimum absolute atomic E-state index is 0.305. The normalized spacial score (nSPS) is 14.8. The Morgan fingerprint density at radius 1 is 1.33 bits per heavy atom. The number of anilines is 4. The third-order valence-corrected chi connectivity index (χ3v) is 3.99. The van der Waals surface area contributed by atoms with E-state index in [2.05, 4.69) is 26.0 Å². The lowest BCUT2D eigenvalue weighted by Gasteiger charge is -2.21. The van der Waals surface area contributed by atoms with E-state index >= 15 is 0 Å². The molecule has 9 nitrogen and oxygen atoms in total. The zero-order chi connectivity index (χ0) is 21.3. The Morgan fingerprint density at radius 2 is 2.22 bits per heavy atom. The van der Waals surface area contributed by atoms with Gasteiger partial charge in [-0.2, -0.15) is 9.61 Å². The maximum Gasteiger partial charge on any atom is 0.224 e. The summed E-state index contributed by atoms with van der Waals surface area (Å²) in [4.78, 5) is 16.6. The number of carbonyl (C=O) groups excluding carboxylic acids is 1. The van der Waals surface area contributed by atoms with Crippen LogP contribution in [-0.4, -0.2) is 40.8 Å². The fourth-order valence-electron chi connectivity index (χ4n) is 2.80. The molecule has 1 amide bonds. The number of nitrogens with zero attached hydrogens (tertiary/aromatic N) is 3. The second-order valence-corrected chi connectivity index (χ2v) is 5.75. The van der Waals surface area contributed by atoms with Gasteiger partial charge in [0.25, 0.3) is 0 Å². The summed E-state index contributed by atoms with van der Waals surface area (Å²) in [6.07, 6.45) is 0.820. The number of ether oxygens (including phenoxy) is 2. The second kappa shape index (κ2) is 7.02. The van der Waals surface area contributed by atoms with E-state index in [0.717, 1.165) is 0 Å². The number of benzene rings is 1. The van der Waals surface area contributed by atoms with Crippen LogP contribution in [0.25, 0.3) is 5.65 Å². The van der Waals surface area contributed by atoms with Crippen molar-refractivity contribution in [3.63, 3.8) is 0 Å².